The Labute approximate surface area is 135 Å². The molecule has 1 aromatic carbocycles. The van der Waals surface area contributed by atoms with Crippen molar-refractivity contribution < 1.29 is 0 Å². The summed E-state index contributed by atoms with van der Waals surface area (Å²) in [5, 5.41) is 3.48. The van der Waals surface area contributed by atoms with Crippen LogP contribution in [-0.4, -0.2) is 55.1 Å². The van der Waals surface area contributed by atoms with Crippen LogP contribution in [0.15, 0.2) is 18.2 Å². The van der Waals surface area contributed by atoms with Gasteiger partial charge < -0.3 is 5.32 Å². The maximum atomic E-state index is 3.48. The number of nitrogens with zero attached hydrogens (tertiary/aromatic N) is 2. The molecule has 21 heavy (non-hydrogen) atoms. The Morgan fingerprint density at radius 1 is 1.05 bits per heavy atom. The largest absolute Gasteiger partial charge is 0.315 e. The molecule has 0 aromatic heterocycles. The lowest BCUT2D eigenvalue weighted by Crippen LogP contribution is -2.50. The number of hydrogen-bond donors (Lipinski definition) is 1. The van der Waals surface area contributed by atoms with E-state index in [1.165, 1.54) is 62.4 Å². The van der Waals surface area contributed by atoms with E-state index >= 15 is 0 Å². The summed E-state index contributed by atoms with van der Waals surface area (Å²) in [4.78, 5) is 5.28. The third kappa shape index (κ3) is 4.43. The normalized spacial score (nSPS) is 24.0. The first kappa shape index (κ1) is 16.8. The van der Waals surface area contributed by atoms with Gasteiger partial charge in [0, 0.05) is 45.3 Å². The van der Waals surface area contributed by atoms with Crippen molar-refractivity contribution in [2.24, 2.45) is 0 Å². The van der Waals surface area contributed by atoms with Gasteiger partial charge in [-0.25, -0.2) is 0 Å². The Hall–Kier alpha value is -0.610. The van der Waals surface area contributed by atoms with E-state index in [9.17, 15) is 0 Å². The molecule has 0 radical (unpaired) electrons. The molecule has 2 aliphatic rings. The molecule has 1 N–H and O–H groups in total. The fourth-order valence-electron chi connectivity index (χ4n) is 3.66. The molecule has 2 saturated heterocycles. The second-order valence-corrected chi connectivity index (χ2v) is 6.45. The van der Waals surface area contributed by atoms with Crippen molar-refractivity contribution in [3.8, 4) is 0 Å². The highest BCUT2D eigenvalue weighted by atomic mass is 35.5. The van der Waals surface area contributed by atoms with Crippen LogP contribution >= 0.6 is 12.4 Å². The maximum absolute atomic E-state index is 3.48. The van der Waals surface area contributed by atoms with Crippen LogP contribution in [0, 0.1) is 13.8 Å². The maximum Gasteiger partial charge on any atom is 0.0235 e. The van der Waals surface area contributed by atoms with E-state index < -0.39 is 0 Å². The molecule has 2 aliphatic heterocycles. The monoisotopic (exact) mass is 309 g/mol. The Kier molecular flexibility index (Phi) is 6.06. The third-order valence-electron chi connectivity index (χ3n) is 4.65. The molecule has 1 aromatic rings. The van der Waals surface area contributed by atoms with E-state index in [-0.39, 0.29) is 12.4 Å². The minimum Gasteiger partial charge on any atom is -0.315 e. The number of rotatable bonds is 3. The predicted molar refractivity (Wildman–Crippen MR) is 91.3 cm³/mol. The molecule has 0 amide bonds. The van der Waals surface area contributed by atoms with Crippen molar-refractivity contribution in [1.29, 1.82) is 0 Å². The standard InChI is InChI=1S/C17H27N3.ClH/c1-14-9-15(2)11-16(10-14)13-19-5-7-20(8-6-19)17-3-4-18-12-17;/h9-11,17-18H,3-8,12-13H2,1-2H3;1H. The average molecular weight is 310 g/mol. The predicted octanol–water partition coefficient (Wildman–Crippen LogP) is 2.20. The molecular formula is C17H28ClN3. The molecule has 0 bridgehead atoms. The van der Waals surface area contributed by atoms with Crippen LogP contribution in [0.2, 0.25) is 0 Å². The SMILES string of the molecule is Cc1cc(C)cc(CN2CCN(C3CCNC3)CC2)c1.Cl. The van der Waals surface area contributed by atoms with E-state index in [0.717, 1.165) is 12.6 Å². The van der Waals surface area contributed by atoms with Crippen molar-refractivity contribution in [2.75, 3.05) is 39.3 Å². The first-order valence-electron chi connectivity index (χ1n) is 7.95. The van der Waals surface area contributed by atoms with Gasteiger partial charge in [-0.1, -0.05) is 29.3 Å². The van der Waals surface area contributed by atoms with Crippen LogP contribution in [0.5, 0.6) is 0 Å². The van der Waals surface area contributed by atoms with E-state index in [4.69, 9.17) is 0 Å². The topological polar surface area (TPSA) is 18.5 Å². The van der Waals surface area contributed by atoms with Gasteiger partial charge in [0.2, 0.25) is 0 Å². The Morgan fingerprint density at radius 2 is 1.71 bits per heavy atom. The van der Waals surface area contributed by atoms with Gasteiger partial charge in [0.1, 0.15) is 0 Å². The zero-order valence-electron chi connectivity index (χ0n) is 13.3. The molecular weight excluding hydrogens is 282 g/mol. The second kappa shape index (κ2) is 7.59. The molecule has 1 atom stereocenters. The van der Waals surface area contributed by atoms with Crippen LogP contribution in [-0.2, 0) is 6.54 Å². The van der Waals surface area contributed by atoms with Gasteiger partial charge >= 0.3 is 0 Å². The number of benzene rings is 1. The van der Waals surface area contributed by atoms with Gasteiger partial charge in [-0.2, -0.15) is 0 Å². The van der Waals surface area contributed by atoms with Crippen LogP contribution in [0.1, 0.15) is 23.1 Å². The molecule has 118 valence electrons. The minimum atomic E-state index is 0. The average Bonchev–Trinajstić information content (AvgIpc) is 2.92. The summed E-state index contributed by atoms with van der Waals surface area (Å²) >= 11 is 0. The van der Waals surface area contributed by atoms with Crippen LogP contribution in [0.25, 0.3) is 0 Å². The number of aryl methyl sites for hydroxylation is 2. The summed E-state index contributed by atoms with van der Waals surface area (Å²) < 4.78 is 0. The first-order valence-corrected chi connectivity index (χ1v) is 7.95. The van der Waals surface area contributed by atoms with Crippen molar-refractivity contribution in [2.45, 2.75) is 32.9 Å². The number of halogens is 1. The number of hydrogen-bond acceptors (Lipinski definition) is 3. The molecule has 0 spiro atoms. The van der Waals surface area contributed by atoms with Gasteiger partial charge in [0.25, 0.3) is 0 Å². The molecule has 0 aliphatic carbocycles. The smallest absolute Gasteiger partial charge is 0.0235 e. The van der Waals surface area contributed by atoms with Crippen LogP contribution < -0.4 is 5.32 Å². The summed E-state index contributed by atoms with van der Waals surface area (Å²) in [6.07, 6.45) is 1.33. The molecule has 3 nitrogen and oxygen atoms in total. The van der Waals surface area contributed by atoms with Gasteiger partial charge in [-0.3, -0.25) is 9.80 Å². The van der Waals surface area contributed by atoms with E-state index in [2.05, 4.69) is 47.2 Å². The lowest BCUT2D eigenvalue weighted by atomic mass is 10.1. The number of piperazine rings is 1. The molecule has 2 heterocycles. The summed E-state index contributed by atoms with van der Waals surface area (Å²) in [5.74, 6) is 0. The zero-order valence-corrected chi connectivity index (χ0v) is 14.1. The highest BCUT2D eigenvalue weighted by Gasteiger charge is 2.25. The Bertz CT molecular complexity index is 429. The quantitative estimate of drug-likeness (QED) is 0.923. The lowest BCUT2D eigenvalue weighted by Gasteiger charge is -2.37. The Balaban J connectivity index is 0.00000161. The van der Waals surface area contributed by atoms with Crippen molar-refractivity contribution in [3.05, 3.63) is 34.9 Å². The third-order valence-corrected chi connectivity index (χ3v) is 4.65. The van der Waals surface area contributed by atoms with Gasteiger partial charge in [-0.15, -0.1) is 12.4 Å². The van der Waals surface area contributed by atoms with Crippen molar-refractivity contribution in [3.63, 3.8) is 0 Å². The highest BCUT2D eigenvalue weighted by molar-refractivity contribution is 5.85. The van der Waals surface area contributed by atoms with E-state index in [1.807, 2.05) is 0 Å². The molecule has 2 fully saturated rings. The zero-order chi connectivity index (χ0) is 13.9. The van der Waals surface area contributed by atoms with Gasteiger partial charge in [0.15, 0.2) is 0 Å². The van der Waals surface area contributed by atoms with Crippen molar-refractivity contribution in [1.82, 2.24) is 15.1 Å². The van der Waals surface area contributed by atoms with Crippen LogP contribution in [0.3, 0.4) is 0 Å². The fraction of sp³-hybridized carbons (Fsp3) is 0.647. The number of nitrogens with one attached hydrogen (secondary N) is 1. The molecule has 4 heteroatoms. The first-order chi connectivity index (χ1) is 9.70. The summed E-state index contributed by atoms with van der Waals surface area (Å²) in [6.45, 7) is 12.8. The van der Waals surface area contributed by atoms with E-state index in [1.54, 1.807) is 0 Å². The molecule has 3 rings (SSSR count). The summed E-state index contributed by atoms with van der Waals surface area (Å²) in [5.41, 5.74) is 4.24. The highest BCUT2D eigenvalue weighted by Crippen LogP contribution is 2.15. The Morgan fingerprint density at radius 3 is 2.29 bits per heavy atom. The molecule has 1 unspecified atom stereocenters. The van der Waals surface area contributed by atoms with Crippen LogP contribution in [0.4, 0.5) is 0 Å². The van der Waals surface area contributed by atoms with Gasteiger partial charge in [0.05, 0.1) is 0 Å². The summed E-state index contributed by atoms with van der Waals surface area (Å²) in [6, 6.07) is 7.72. The second-order valence-electron chi connectivity index (χ2n) is 6.45. The summed E-state index contributed by atoms with van der Waals surface area (Å²) in [7, 11) is 0. The van der Waals surface area contributed by atoms with E-state index in [0.29, 0.717) is 0 Å². The lowest BCUT2D eigenvalue weighted by molar-refractivity contribution is 0.0981. The minimum absolute atomic E-state index is 0. The van der Waals surface area contributed by atoms with Crippen molar-refractivity contribution >= 4 is 12.4 Å². The fourth-order valence-corrected chi connectivity index (χ4v) is 3.66. The van der Waals surface area contributed by atoms with Gasteiger partial charge in [-0.05, 0) is 32.4 Å². The molecule has 0 saturated carbocycles.